The largest absolute Gasteiger partial charge is 0.335 e. The molecule has 1 aliphatic carbocycles. The highest BCUT2D eigenvalue weighted by Gasteiger charge is 2.30. The van der Waals surface area contributed by atoms with Gasteiger partial charge in [0.2, 0.25) is 0 Å². The number of rotatable bonds is 2. The Labute approximate surface area is 117 Å². The maximum Gasteiger partial charge on any atom is 0.106 e. The highest BCUT2D eigenvalue weighted by Crippen LogP contribution is 2.43. The lowest BCUT2D eigenvalue weighted by atomic mass is 9.72. The number of allylic oxidation sites excluding steroid dienone is 2. The van der Waals surface area contributed by atoms with Crippen molar-refractivity contribution in [3.63, 3.8) is 0 Å². The minimum absolute atomic E-state index is 0.671. The van der Waals surface area contributed by atoms with E-state index in [4.69, 9.17) is 4.98 Å². The third-order valence-electron chi connectivity index (χ3n) is 5.11. The van der Waals surface area contributed by atoms with Crippen molar-refractivity contribution in [1.82, 2.24) is 9.55 Å². The van der Waals surface area contributed by atoms with Gasteiger partial charge in [0.05, 0.1) is 5.69 Å². The molecule has 106 valence electrons. The predicted octanol–water partition coefficient (Wildman–Crippen LogP) is 4.51. The highest BCUT2D eigenvalue weighted by atomic mass is 15.1. The molecular weight excluding hydrogens is 232 g/mol. The van der Waals surface area contributed by atoms with Crippen molar-refractivity contribution in [1.29, 1.82) is 0 Å². The van der Waals surface area contributed by atoms with Crippen molar-refractivity contribution < 1.29 is 0 Å². The van der Waals surface area contributed by atoms with Crippen LogP contribution in [0.4, 0.5) is 0 Å². The van der Waals surface area contributed by atoms with E-state index in [9.17, 15) is 0 Å². The summed E-state index contributed by atoms with van der Waals surface area (Å²) >= 11 is 0. The van der Waals surface area contributed by atoms with Gasteiger partial charge in [-0.3, -0.25) is 0 Å². The number of aryl methyl sites for hydroxylation is 1. The molecule has 2 atom stereocenters. The second-order valence-electron chi connectivity index (χ2n) is 6.58. The zero-order valence-electron chi connectivity index (χ0n) is 13.5. The lowest BCUT2D eigenvalue weighted by Gasteiger charge is -2.33. The van der Waals surface area contributed by atoms with E-state index in [1.54, 1.807) is 5.57 Å². The maximum atomic E-state index is 4.86. The second-order valence-corrected chi connectivity index (χ2v) is 6.58. The standard InChI is InChI=1S/C17H28N2/c1-10(2)15-9-8-11(3)12(4)16(15)17-13(5)19(7)14(6)18-17/h10-11,15H,8-9H2,1-7H3/t11-,15?/m1/s1. The molecule has 1 heterocycles. The molecule has 2 rings (SSSR count). The summed E-state index contributed by atoms with van der Waals surface area (Å²) < 4.78 is 2.21. The van der Waals surface area contributed by atoms with E-state index in [-0.39, 0.29) is 0 Å². The van der Waals surface area contributed by atoms with Crippen molar-refractivity contribution in [3.8, 4) is 0 Å². The van der Waals surface area contributed by atoms with Crippen molar-refractivity contribution in [2.24, 2.45) is 24.8 Å². The summed E-state index contributed by atoms with van der Waals surface area (Å²) in [4.78, 5) is 4.86. The Balaban J connectivity index is 2.59. The highest BCUT2D eigenvalue weighted by molar-refractivity contribution is 5.71. The molecule has 2 nitrogen and oxygen atoms in total. The number of imidazole rings is 1. The van der Waals surface area contributed by atoms with Crippen molar-refractivity contribution >= 4 is 5.57 Å². The Bertz CT molecular complexity index is 506. The van der Waals surface area contributed by atoms with Gasteiger partial charge in [0.15, 0.2) is 0 Å². The van der Waals surface area contributed by atoms with Crippen LogP contribution in [0.1, 0.15) is 57.7 Å². The van der Waals surface area contributed by atoms with Crippen LogP contribution in [0.25, 0.3) is 5.57 Å². The van der Waals surface area contributed by atoms with Gasteiger partial charge in [-0.15, -0.1) is 0 Å². The molecular formula is C17H28N2. The number of hydrogen-bond donors (Lipinski definition) is 0. The lowest BCUT2D eigenvalue weighted by molar-refractivity contribution is 0.385. The summed E-state index contributed by atoms with van der Waals surface area (Å²) in [6.07, 6.45) is 2.63. The number of aromatic nitrogens is 2. The van der Waals surface area contributed by atoms with Crippen LogP contribution >= 0.6 is 0 Å². The van der Waals surface area contributed by atoms with E-state index in [2.05, 4.69) is 53.2 Å². The Kier molecular flexibility index (Phi) is 3.89. The minimum Gasteiger partial charge on any atom is -0.335 e. The molecule has 1 aliphatic rings. The van der Waals surface area contributed by atoms with Crippen LogP contribution in [0.2, 0.25) is 0 Å². The van der Waals surface area contributed by atoms with E-state index >= 15 is 0 Å². The Hall–Kier alpha value is -1.05. The molecule has 1 aromatic heterocycles. The fraction of sp³-hybridized carbons (Fsp3) is 0.706. The number of hydrogen-bond acceptors (Lipinski definition) is 1. The van der Waals surface area contributed by atoms with E-state index < -0.39 is 0 Å². The van der Waals surface area contributed by atoms with Crippen LogP contribution in [0.3, 0.4) is 0 Å². The first-order valence-corrected chi connectivity index (χ1v) is 7.55. The average molecular weight is 260 g/mol. The van der Waals surface area contributed by atoms with Crippen molar-refractivity contribution in [3.05, 3.63) is 22.8 Å². The van der Waals surface area contributed by atoms with Gasteiger partial charge in [-0.25, -0.2) is 4.98 Å². The molecule has 0 bridgehead atoms. The van der Waals surface area contributed by atoms with Crippen molar-refractivity contribution in [2.75, 3.05) is 0 Å². The molecule has 19 heavy (non-hydrogen) atoms. The summed E-state index contributed by atoms with van der Waals surface area (Å²) in [6.45, 7) is 13.7. The Morgan fingerprint density at radius 2 is 1.79 bits per heavy atom. The molecule has 0 aliphatic heterocycles. The first-order chi connectivity index (χ1) is 8.84. The summed E-state index contributed by atoms with van der Waals surface area (Å²) in [7, 11) is 2.12. The molecule has 1 aromatic rings. The molecule has 1 unspecified atom stereocenters. The van der Waals surface area contributed by atoms with Crippen LogP contribution in [0, 0.1) is 31.6 Å². The van der Waals surface area contributed by atoms with Gasteiger partial charge in [-0.1, -0.05) is 26.3 Å². The normalized spacial score (nSPS) is 24.4. The van der Waals surface area contributed by atoms with Crippen LogP contribution in [0.15, 0.2) is 5.57 Å². The zero-order valence-corrected chi connectivity index (χ0v) is 13.5. The van der Waals surface area contributed by atoms with Crippen LogP contribution in [0.5, 0.6) is 0 Å². The Morgan fingerprint density at radius 3 is 2.26 bits per heavy atom. The van der Waals surface area contributed by atoms with E-state index in [1.165, 1.54) is 29.8 Å². The number of nitrogens with zero attached hydrogens (tertiary/aromatic N) is 2. The monoisotopic (exact) mass is 260 g/mol. The summed E-state index contributed by atoms with van der Waals surface area (Å²) in [5.74, 6) is 3.18. The summed E-state index contributed by atoms with van der Waals surface area (Å²) in [5, 5.41) is 0. The molecule has 0 radical (unpaired) electrons. The quantitative estimate of drug-likeness (QED) is 0.765. The average Bonchev–Trinajstić information content (AvgIpc) is 2.60. The van der Waals surface area contributed by atoms with E-state index in [0.29, 0.717) is 17.8 Å². The van der Waals surface area contributed by atoms with Gasteiger partial charge in [0, 0.05) is 12.7 Å². The molecule has 0 amide bonds. The fourth-order valence-electron chi connectivity index (χ4n) is 3.35. The van der Waals surface area contributed by atoms with Gasteiger partial charge in [0.1, 0.15) is 5.82 Å². The smallest absolute Gasteiger partial charge is 0.106 e. The van der Waals surface area contributed by atoms with Crippen LogP contribution < -0.4 is 0 Å². The van der Waals surface area contributed by atoms with Gasteiger partial charge in [-0.05, 0) is 56.9 Å². The lowest BCUT2D eigenvalue weighted by Crippen LogP contribution is -2.21. The molecule has 0 spiro atoms. The summed E-state index contributed by atoms with van der Waals surface area (Å²) in [5.41, 5.74) is 5.66. The molecule has 2 heteroatoms. The molecule has 0 saturated heterocycles. The minimum atomic E-state index is 0.671. The third kappa shape index (κ3) is 2.37. The molecule has 0 aromatic carbocycles. The van der Waals surface area contributed by atoms with Gasteiger partial charge in [0.25, 0.3) is 0 Å². The topological polar surface area (TPSA) is 17.8 Å². The van der Waals surface area contributed by atoms with E-state index in [1.807, 2.05) is 0 Å². The fourth-order valence-corrected chi connectivity index (χ4v) is 3.35. The SMILES string of the molecule is CC1=C(c2nc(C)n(C)c2C)C(C(C)C)CC[C@H]1C. The Morgan fingerprint density at radius 1 is 1.16 bits per heavy atom. The van der Waals surface area contributed by atoms with Gasteiger partial charge < -0.3 is 4.57 Å². The first-order valence-electron chi connectivity index (χ1n) is 7.55. The zero-order chi connectivity index (χ0) is 14.3. The molecule has 0 fully saturated rings. The predicted molar refractivity (Wildman–Crippen MR) is 82.0 cm³/mol. The van der Waals surface area contributed by atoms with E-state index in [0.717, 1.165) is 5.82 Å². The molecule has 0 N–H and O–H groups in total. The summed E-state index contributed by atoms with van der Waals surface area (Å²) in [6, 6.07) is 0. The second kappa shape index (κ2) is 5.15. The van der Waals surface area contributed by atoms with Crippen LogP contribution in [-0.2, 0) is 7.05 Å². The van der Waals surface area contributed by atoms with Gasteiger partial charge >= 0.3 is 0 Å². The molecule has 0 saturated carbocycles. The van der Waals surface area contributed by atoms with Crippen molar-refractivity contribution in [2.45, 2.75) is 54.4 Å². The third-order valence-corrected chi connectivity index (χ3v) is 5.11. The van der Waals surface area contributed by atoms with Crippen LogP contribution in [-0.4, -0.2) is 9.55 Å². The maximum absolute atomic E-state index is 4.86. The first kappa shape index (κ1) is 14.4. The van der Waals surface area contributed by atoms with Gasteiger partial charge in [-0.2, -0.15) is 0 Å².